The summed E-state index contributed by atoms with van der Waals surface area (Å²) in [4.78, 5) is 15.6. The number of benzene rings is 1. The standard InChI is InChI=1S/C16H20N2OS/c1-20-12-7-5-11(6-8-12)18-16(19)14-3-2-4-15-13(14)9-10-17-15/h2-4,9-12,17H,5-8H2,1H3,(H,18,19). The first-order valence-corrected chi connectivity index (χ1v) is 8.46. The fourth-order valence-electron chi connectivity index (χ4n) is 2.99. The summed E-state index contributed by atoms with van der Waals surface area (Å²) < 4.78 is 0. The molecule has 1 saturated carbocycles. The number of aromatic amines is 1. The van der Waals surface area contributed by atoms with E-state index in [0.717, 1.165) is 34.6 Å². The third kappa shape index (κ3) is 2.70. The van der Waals surface area contributed by atoms with Gasteiger partial charge in [0.25, 0.3) is 5.91 Å². The van der Waals surface area contributed by atoms with E-state index >= 15 is 0 Å². The largest absolute Gasteiger partial charge is 0.361 e. The minimum atomic E-state index is 0.0581. The Bertz CT molecular complexity index is 599. The van der Waals surface area contributed by atoms with Gasteiger partial charge in [0.1, 0.15) is 0 Å². The number of nitrogens with one attached hydrogen (secondary N) is 2. The molecule has 0 bridgehead atoms. The van der Waals surface area contributed by atoms with Gasteiger partial charge in [-0.3, -0.25) is 4.79 Å². The number of aromatic nitrogens is 1. The highest BCUT2D eigenvalue weighted by atomic mass is 32.2. The Morgan fingerprint density at radius 2 is 2.05 bits per heavy atom. The van der Waals surface area contributed by atoms with E-state index in [0.29, 0.717) is 6.04 Å². The molecule has 1 aliphatic carbocycles. The molecule has 4 heteroatoms. The van der Waals surface area contributed by atoms with Gasteiger partial charge >= 0.3 is 0 Å². The number of carbonyl (C=O) groups is 1. The van der Waals surface area contributed by atoms with Gasteiger partial charge in [-0.15, -0.1) is 0 Å². The lowest BCUT2D eigenvalue weighted by Gasteiger charge is -2.28. The van der Waals surface area contributed by atoms with Crippen LogP contribution >= 0.6 is 11.8 Å². The molecule has 0 atom stereocenters. The normalized spacial score (nSPS) is 22.9. The number of hydrogen-bond acceptors (Lipinski definition) is 2. The van der Waals surface area contributed by atoms with Crippen LogP contribution in [0, 0.1) is 0 Å². The first-order valence-electron chi connectivity index (χ1n) is 7.17. The first kappa shape index (κ1) is 13.6. The first-order chi connectivity index (χ1) is 9.78. The summed E-state index contributed by atoms with van der Waals surface area (Å²) in [6.07, 6.45) is 8.67. The average molecular weight is 288 g/mol. The van der Waals surface area contributed by atoms with Gasteiger partial charge in [0.15, 0.2) is 0 Å². The monoisotopic (exact) mass is 288 g/mol. The Kier molecular flexibility index (Phi) is 4.01. The zero-order chi connectivity index (χ0) is 13.9. The van der Waals surface area contributed by atoms with Crippen molar-refractivity contribution in [2.75, 3.05) is 6.26 Å². The van der Waals surface area contributed by atoms with E-state index in [1.165, 1.54) is 12.8 Å². The summed E-state index contributed by atoms with van der Waals surface area (Å²) >= 11 is 1.95. The molecule has 1 fully saturated rings. The number of rotatable bonds is 3. The smallest absolute Gasteiger partial charge is 0.252 e. The van der Waals surface area contributed by atoms with Gasteiger partial charge in [-0.05, 0) is 50.1 Å². The van der Waals surface area contributed by atoms with Crippen LogP contribution < -0.4 is 5.32 Å². The topological polar surface area (TPSA) is 44.9 Å². The molecule has 0 aliphatic heterocycles. The van der Waals surface area contributed by atoms with Crippen molar-refractivity contribution in [3.63, 3.8) is 0 Å². The van der Waals surface area contributed by atoms with Crippen molar-refractivity contribution < 1.29 is 4.79 Å². The van der Waals surface area contributed by atoms with Gasteiger partial charge in [-0.25, -0.2) is 0 Å². The van der Waals surface area contributed by atoms with E-state index < -0.39 is 0 Å². The average Bonchev–Trinajstić information content (AvgIpc) is 2.96. The number of H-pyrrole nitrogens is 1. The van der Waals surface area contributed by atoms with Crippen LogP contribution in [-0.2, 0) is 0 Å². The van der Waals surface area contributed by atoms with Crippen molar-refractivity contribution >= 4 is 28.6 Å². The predicted molar refractivity (Wildman–Crippen MR) is 85.3 cm³/mol. The van der Waals surface area contributed by atoms with Crippen molar-refractivity contribution in [2.45, 2.75) is 37.0 Å². The predicted octanol–water partition coefficient (Wildman–Crippen LogP) is 3.57. The van der Waals surface area contributed by atoms with E-state index in [2.05, 4.69) is 16.6 Å². The van der Waals surface area contributed by atoms with Crippen LogP contribution in [0.15, 0.2) is 30.5 Å². The summed E-state index contributed by atoms with van der Waals surface area (Å²) in [5, 5.41) is 4.98. The Morgan fingerprint density at radius 1 is 1.25 bits per heavy atom. The molecule has 0 radical (unpaired) electrons. The molecule has 1 aromatic carbocycles. The highest BCUT2D eigenvalue weighted by Gasteiger charge is 2.22. The summed E-state index contributed by atoms with van der Waals surface area (Å²) in [7, 11) is 0. The van der Waals surface area contributed by atoms with Gasteiger partial charge in [-0.2, -0.15) is 11.8 Å². The molecule has 1 aromatic heterocycles. The van der Waals surface area contributed by atoms with Crippen LogP contribution in [0.1, 0.15) is 36.0 Å². The van der Waals surface area contributed by atoms with Crippen molar-refractivity contribution in [3.8, 4) is 0 Å². The van der Waals surface area contributed by atoms with Crippen LogP contribution in [-0.4, -0.2) is 28.4 Å². The molecule has 1 heterocycles. The third-order valence-electron chi connectivity index (χ3n) is 4.18. The van der Waals surface area contributed by atoms with Crippen LogP contribution in [0.25, 0.3) is 10.9 Å². The van der Waals surface area contributed by atoms with E-state index in [9.17, 15) is 4.79 Å². The number of hydrogen-bond donors (Lipinski definition) is 2. The molecule has 0 unspecified atom stereocenters. The molecule has 2 aromatic rings. The number of fused-ring (bicyclic) bond motifs is 1. The lowest BCUT2D eigenvalue weighted by molar-refractivity contribution is 0.0930. The van der Waals surface area contributed by atoms with E-state index in [1.807, 2.05) is 42.2 Å². The fourth-order valence-corrected chi connectivity index (χ4v) is 3.73. The maximum absolute atomic E-state index is 12.4. The van der Waals surface area contributed by atoms with Crippen LogP contribution in [0.5, 0.6) is 0 Å². The van der Waals surface area contributed by atoms with Crippen molar-refractivity contribution in [3.05, 3.63) is 36.0 Å². The Labute approximate surface area is 123 Å². The number of amides is 1. The van der Waals surface area contributed by atoms with Crippen molar-refractivity contribution in [2.24, 2.45) is 0 Å². The second-order valence-electron chi connectivity index (χ2n) is 5.43. The van der Waals surface area contributed by atoms with Gasteiger partial charge in [-0.1, -0.05) is 6.07 Å². The summed E-state index contributed by atoms with van der Waals surface area (Å²) in [6.45, 7) is 0. The molecule has 106 valence electrons. The second kappa shape index (κ2) is 5.92. The van der Waals surface area contributed by atoms with Gasteiger partial charge < -0.3 is 10.3 Å². The van der Waals surface area contributed by atoms with Crippen LogP contribution in [0.4, 0.5) is 0 Å². The summed E-state index contributed by atoms with van der Waals surface area (Å²) in [6, 6.07) is 8.13. The fraction of sp³-hybridized carbons (Fsp3) is 0.438. The lowest BCUT2D eigenvalue weighted by atomic mass is 9.94. The van der Waals surface area contributed by atoms with Gasteiger partial charge in [0.2, 0.25) is 0 Å². The third-order valence-corrected chi connectivity index (χ3v) is 5.32. The second-order valence-corrected chi connectivity index (χ2v) is 6.57. The molecular formula is C16H20N2OS. The number of thioether (sulfide) groups is 1. The molecule has 20 heavy (non-hydrogen) atoms. The Morgan fingerprint density at radius 3 is 2.80 bits per heavy atom. The minimum Gasteiger partial charge on any atom is -0.361 e. The molecule has 3 nitrogen and oxygen atoms in total. The zero-order valence-corrected chi connectivity index (χ0v) is 12.5. The summed E-state index contributed by atoms with van der Waals surface area (Å²) in [5.41, 5.74) is 1.79. The quantitative estimate of drug-likeness (QED) is 0.907. The van der Waals surface area contributed by atoms with Crippen LogP contribution in [0.3, 0.4) is 0 Å². The molecular weight excluding hydrogens is 268 g/mol. The van der Waals surface area contributed by atoms with Gasteiger partial charge in [0, 0.05) is 34.0 Å². The molecule has 1 aliphatic rings. The maximum Gasteiger partial charge on any atom is 0.252 e. The Balaban J connectivity index is 1.69. The highest BCUT2D eigenvalue weighted by molar-refractivity contribution is 7.99. The van der Waals surface area contributed by atoms with Crippen molar-refractivity contribution in [1.82, 2.24) is 10.3 Å². The highest BCUT2D eigenvalue weighted by Crippen LogP contribution is 2.27. The molecule has 2 N–H and O–H groups in total. The molecule has 1 amide bonds. The molecule has 0 spiro atoms. The van der Waals surface area contributed by atoms with E-state index in [1.54, 1.807) is 0 Å². The van der Waals surface area contributed by atoms with E-state index in [-0.39, 0.29) is 5.91 Å². The van der Waals surface area contributed by atoms with Crippen molar-refractivity contribution in [1.29, 1.82) is 0 Å². The molecule has 3 rings (SSSR count). The van der Waals surface area contributed by atoms with E-state index in [4.69, 9.17) is 0 Å². The zero-order valence-electron chi connectivity index (χ0n) is 11.7. The number of carbonyl (C=O) groups excluding carboxylic acids is 1. The minimum absolute atomic E-state index is 0.0581. The maximum atomic E-state index is 12.4. The van der Waals surface area contributed by atoms with Crippen LogP contribution in [0.2, 0.25) is 0 Å². The Hall–Kier alpha value is -1.42. The summed E-state index contributed by atoms with van der Waals surface area (Å²) in [5.74, 6) is 0.0581. The molecule has 0 saturated heterocycles. The van der Waals surface area contributed by atoms with Gasteiger partial charge in [0.05, 0.1) is 0 Å². The SMILES string of the molecule is CSC1CCC(NC(=O)c2cccc3[nH]ccc23)CC1. The lowest BCUT2D eigenvalue weighted by Crippen LogP contribution is -2.38.